The topological polar surface area (TPSA) is 59.1 Å². The van der Waals surface area contributed by atoms with Crippen molar-refractivity contribution in [1.82, 2.24) is 0 Å². The highest BCUT2D eigenvalue weighted by molar-refractivity contribution is 7.81. The predicted molar refractivity (Wildman–Crippen MR) is 167 cm³/mol. The molecule has 0 unspecified atom stereocenters. The van der Waals surface area contributed by atoms with Crippen molar-refractivity contribution in [1.29, 1.82) is 0 Å². The number of anilines is 2. The zero-order valence-electron chi connectivity index (χ0n) is 22.5. The predicted octanol–water partition coefficient (Wildman–Crippen LogP) is 7.37. The summed E-state index contributed by atoms with van der Waals surface area (Å²) in [7, 11) is 0. The number of hydrogen-bond acceptors (Lipinski definition) is 5. The molecule has 0 spiro atoms. The van der Waals surface area contributed by atoms with Gasteiger partial charge in [0.25, 0.3) is 11.8 Å². The number of amides is 2. The molecule has 1 heterocycles. The first-order chi connectivity index (χ1) is 19.9. The van der Waals surface area contributed by atoms with Gasteiger partial charge in [-0.25, -0.2) is 0 Å². The molecule has 8 heteroatoms. The minimum Gasteiger partial charge on any atom is -0.490 e. The second-order valence-corrected chi connectivity index (χ2v) is 10.1. The first kappa shape index (κ1) is 28.1. The number of para-hydroxylation sites is 2. The fraction of sp³-hybridized carbons (Fsp3) is 0.121. The van der Waals surface area contributed by atoms with E-state index in [0.717, 1.165) is 11.1 Å². The summed E-state index contributed by atoms with van der Waals surface area (Å²) >= 11 is 12.4. The molecule has 0 bridgehead atoms. The molecule has 0 aliphatic carbocycles. The van der Waals surface area contributed by atoms with Gasteiger partial charge in [0.05, 0.1) is 23.0 Å². The lowest BCUT2D eigenvalue weighted by molar-refractivity contribution is -0.120. The fourth-order valence-electron chi connectivity index (χ4n) is 4.42. The number of rotatable bonds is 8. The second-order valence-electron chi connectivity index (χ2n) is 9.33. The number of carbonyl (C=O) groups excluding carboxylic acids is 2. The van der Waals surface area contributed by atoms with Gasteiger partial charge in [-0.3, -0.25) is 19.4 Å². The van der Waals surface area contributed by atoms with E-state index in [-0.39, 0.29) is 10.7 Å². The van der Waals surface area contributed by atoms with E-state index in [1.807, 2.05) is 50.2 Å². The quantitative estimate of drug-likeness (QED) is 0.123. The summed E-state index contributed by atoms with van der Waals surface area (Å²) in [4.78, 5) is 30.3. The van der Waals surface area contributed by atoms with Crippen molar-refractivity contribution in [2.24, 2.45) is 0 Å². The van der Waals surface area contributed by atoms with Gasteiger partial charge in [-0.05, 0) is 79.7 Å². The van der Waals surface area contributed by atoms with Gasteiger partial charge < -0.3 is 9.47 Å². The van der Waals surface area contributed by atoms with Crippen molar-refractivity contribution < 1.29 is 19.1 Å². The van der Waals surface area contributed by atoms with Crippen LogP contribution in [-0.4, -0.2) is 23.5 Å². The Hall–Kier alpha value is -4.46. The molecular formula is C33H27ClN2O4S. The molecule has 1 aliphatic heterocycles. The van der Waals surface area contributed by atoms with E-state index in [0.29, 0.717) is 46.7 Å². The minimum atomic E-state index is -0.535. The summed E-state index contributed by atoms with van der Waals surface area (Å²) in [5.41, 5.74) is 3.68. The molecule has 0 aromatic heterocycles. The molecule has 5 rings (SSSR count). The number of benzene rings is 4. The van der Waals surface area contributed by atoms with Crippen LogP contribution in [0.1, 0.15) is 23.6 Å². The smallest absolute Gasteiger partial charge is 0.270 e. The first-order valence-corrected chi connectivity index (χ1v) is 13.9. The number of ether oxygens (including phenoxy) is 2. The normalized spacial score (nSPS) is 13.4. The van der Waals surface area contributed by atoms with Crippen molar-refractivity contribution in [2.75, 3.05) is 16.4 Å². The average Bonchev–Trinajstić information content (AvgIpc) is 2.97. The molecule has 0 radical (unpaired) electrons. The van der Waals surface area contributed by atoms with Gasteiger partial charge in [0.15, 0.2) is 16.6 Å². The van der Waals surface area contributed by atoms with Crippen LogP contribution in [0.15, 0.2) is 103 Å². The maximum absolute atomic E-state index is 13.8. The lowest BCUT2D eigenvalue weighted by Crippen LogP contribution is -2.56. The van der Waals surface area contributed by atoms with Gasteiger partial charge in [0, 0.05) is 0 Å². The number of nitrogens with zero attached hydrogens (tertiary/aromatic N) is 2. The van der Waals surface area contributed by atoms with E-state index in [4.69, 9.17) is 33.3 Å². The molecule has 206 valence electrons. The monoisotopic (exact) mass is 582 g/mol. The lowest BCUT2D eigenvalue weighted by atomic mass is 10.0. The largest absolute Gasteiger partial charge is 0.490 e. The van der Waals surface area contributed by atoms with Crippen molar-refractivity contribution in [3.63, 3.8) is 0 Å². The van der Waals surface area contributed by atoms with Gasteiger partial charge in [0.2, 0.25) is 0 Å². The van der Waals surface area contributed by atoms with Gasteiger partial charge in [-0.1, -0.05) is 77.8 Å². The SMILES string of the molecule is CCOc1cc(C=C2C(=O)N(c3ccccc3)C(=S)N(c3ccccc3)C2=O)cc(Cl)c1OCc1ccc(C)cc1. The minimum absolute atomic E-state index is 0.0712. The maximum atomic E-state index is 13.8. The second kappa shape index (κ2) is 12.4. The molecule has 41 heavy (non-hydrogen) atoms. The fourth-order valence-corrected chi connectivity index (χ4v) is 5.07. The molecule has 0 N–H and O–H groups in total. The van der Waals surface area contributed by atoms with E-state index < -0.39 is 11.8 Å². The Balaban J connectivity index is 1.55. The van der Waals surface area contributed by atoms with E-state index in [1.54, 1.807) is 60.7 Å². The van der Waals surface area contributed by atoms with Crippen LogP contribution in [0.5, 0.6) is 11.5 Å². The van der Waals surface area contributed by atoms with Gasteiger partial charge in [-0.2, -0.15) is 0 Å². The molecule has 1 saturated heterocycles. The highest BCUT2D eigenvalue weighted by Crippen LogP contribution is 2.38. The number of halogens is 1. The highest BCUT2D eigenvalue weighted by atomic mass is 35.5. The van der Waals surface area contributed by atoms with Crippen LogP contribution in [0.25, 0.3) is 6.08 Å². The van der Waals surface area contributed by atoms with Crippen molar-refractivity contribution in [3.05, 3.63) is 124 Å². The molecule has 6 nitrogen and oxygen atoms in total. The maximum Gasteiger partial charge on any atom is 0.270 e. The molecule has 0 atom stereocenters. The Morgan fingerprint density at radius 2 is 1.37 bits per heavy atom. The Morgan fingerprint density at radius 1 is 0.805 bits per heavy atom. The Kier molecular flexibility index (Phi) is 8.47. The van der Waals surface area contributed by atoms with Crippen LogP contribution in [0.2, 0.25) is 5.02 Å². The average molecular weight is 583 g/mol. The third kappa shape index (κ3) is 6.01. The zero-order valence-corrected chi connectivity index (χ0v) is 24.1. The van der Waals surface area contributed by atoms with Gasteiger partial charge >= 0.3 is 0 Å². The number of aryl methyl sites for hydroxylation is 1. The molecule has 1 fully saturated rings. The standard InChI is InChI=1S/C33H27ClN2O4S/c1-3-39-29-20-24(19-28(34)30(29)40-21-23-16-14-22(2)15-17-23)18-27-31(37)35(25-10-6-4-7-11-25)33(41)36(32(27)38)26-12-8-5-9-13-26/h4-20H,3,21H2,1-2H3. The molecule has 1 aliphatic rings. The summed E-state index contributed by atoms with van der Waals surface area (Å²) in [6.45, 7) is 4.54. The third-order valence-electron chi connectivity index (χ3n) is 6.42. The van der Waals surface area contributed by atoms with Crippen LogP contribution < -0.4 is 19.3 Å². The molecule has 4 aromatic rings. The van der Waals surface area contributed by atoms with Crippen LogP contribution in [0.4, 0.5) is 11.4 Å². The van der Waals surface area contributed by atoms with Crippen LogP contribution in [0.3, 0.4) is 0 Å². The summed E-state index contributed by atoms with van der Waals surface area (Å²) in [5.74, 6) is -0.278. The summed E-state index contributed by atoms with van der Waals surface area (Å²) < 4.78 is 11.9. The highest BCUT2D eigenvalue weighted by Gasteiger charge is 2.41. The molecule has 4 aromatic carbocycles. The molecule has 2 amide bonds. The summed E-state index contributed by atoms with van der Waals surface area (Å²) in [6, 6.07) is 29.4. The Morgan fingerprint density at radius 3 is 1.90 bits per heavy atom. The lowest BCUT2D eigenvalue weighted by Gasteiger charge is -2.36. The Bertz CT molecular complexity index is 1560. The van der Waals surface area contributed by atoms with E-state index in [9.17, 15) is 9.59 Å². The third-order valence-corrected chi connectivity index (χ3v) is 7.07. The Labute approximate surface area is 249 Å². The molecular weight excluding hydrogens is 556 g/mol. The van der Waals surface area contributed by atoms with E-state index >= 15 is 0 Å². The number of thiocarbonyl (C=S) groups is 1. The summed E-state index contributed by atoms with van der Waals surface area (Å²) in [5, 5.41) is 0.364. The van der Waals surface area contributed by atoms with Gasteiger partial charge in [0.1, 0.15) is 12.2 Å². The molecule has 0 saturated carbocycles. The van der Waals surface area contributed by atoms with Gasteiger partial charge in [-0.15, -0.1) is 0 Å². The van der Waals surface area contributed by atoms with Crippen molar-refractivity contribution in [3.8, 4) is 11.5 Å². The van der Waals surface area contributed by atoms with Crippen LogP contribution in [0, 0.1) is 6.92 Å². The zero-order chi connectivity index (χ0) is 28.9. The first-order valence-electron chi connectivity index (χ1n) is 13.1. The van der Waals surface area contributed by atoms with Crippen molar-refractivity contribution in [2.45, 2.75) is 20.5 Å². The summed E-state index contributed by atoms with van der Waals surface area (Å²) in [6.07, 6.45) is 1.51. The van der Waals surface area contributed by atoms with Crippen LogP contribution in [-0.2, 0) is 16.2 Å². The number of hydrogen-bond donors (Lipinski definition) is 0. The number of carbonyl (C=O) groups is 2. The van der Waals surface area contributed by atoms with E-state index in [2.05, 4.69) is 0 Å². The van der Waals surface area contributed by atoms with Crippen molar-refractivity contribution >= 4 is 58.2 Å². The van der Waals surface area contributed by atoms with E-state index in [1.165, 1.54) is 15.9 Å². The van der Waals surface area contributed by atoms with Crippen LogP contribution >= 0.6 is 23.8 Å².